The minimum Gasteiger partial charge on any atom is -0.482 e. The minimum atomic E-state index is -1.09. The molecule has 6 nitrogen and oxygen atoms in total. The third-order valence-corrected chi connectivity index (χ3v) is 5.87. The highest BCUT2D eigenvalue weighted by molar-refractivity contribution is 6.31. The number of fused-ring (bicyclic) bond motifs is 1. The summed E-state index contributed by atoms with van der Waals surface area (Å²) < 4.78 is 5.52. The molecule has 3 aromatic rings. The fourth-order valence-corrected chi connectivity index (χ4v) is 4.21. The monoisotopic (exact) mass is 470 g/mol. The van der Waals surface area contributed by atoms with Gasteiger partial charge in [0.25, 0.3) is 0 Å². The maximum Gasteiger partial charge on any atom is 0.341 e. The van der Waals surface area contributed by atoms with Gasteiger partial charge in [-0.3, -0.25) is 0 Å². The Morgan fingerprint density at radius 1 is 1.03 bits per heavy atom. The molecule has 164 valence electrons. The van der Waals surface area contributed by atoms with Crippen LogP contribution in [0.15, 0.2) is 66.7 Å². The van der Waals surface area contributed by atoms with Gasteiger partial charge in [-0.15, -0.1) is 0 Å². The van der Waals surface area contributed by atoms with Crippen molar-refractivity contribution in [2.45, 2.75) is 19.1 Å². The summed E-state index contributed by atoms with van der Waals surface area (Å²) in [6.45, 7) is 0.164. The molecule has 4 rings (SSSR count). The Labute approximate surface area is 195 Å². The van der Waals surface area contributed by atoms with Crippen molar-refractivity contribution in [3.63, 3.8) is 0 Å². The van der Waals surface area contributed by atoms with Crippen molar-refractivity contribution in [2.24, 2.45) is 0 Å². The summed E-state index contributed by atoms with van der Waals surface area (Å²) in [6, 6.07) is 19.2. The fourth-order valence-electron chi connectivity index (χ4n) is 3.83. The number of ether oxygens (including phenoxy) is 1. The smallest absolute Gasteiger partial charge is 0.341 e. The predicted octanol–water partition coefficient (Wildman–Crippen LogP) is 5.27. The Kier molecular flexibility index (Phi) is 6.53. The first-order valence-corrected chi connectivity index (χ1v) is 10.7. The van der Waals surface area contributed by atoms with Gasteiger partial charge in [0.2, 0.25) is 0 Å². The molecule has 0 fully saturated rings. The van der Waals surface area contributed by atoms with Crippen LogP contribution in [0, 0.1) is 0 Å². The van der Waals surface area contributed by atoms with Gasteiger partial charge in [-0.1, -0.05) is 65.7 Å². The number of nitrogens with zero attached hydrogens (tertiary/aromatic N) is 1. The van der Waals surface area contributed by atoms with Crippen LogP contribution >= 0.6 is 23.2 Å². The molecular formula is C24H20Cl2N2O4. The summed E-state index contributed by atoms with van der Waals surface area (Å²) in [6.07, 6.45) is 0. The van der Waals surface area contributed by atoms with Crippen LogP contribution in [0.3, 0.4) is 0 Å². The summed E-state index contributed by atoms with van der Waals surface area (Å²) in [5, 5.41) is 13.0. The molecule has 0 radical (unpaired) electrons. The molecule has 1 atom stereocenters. The normalized spacial score (nSPS) is 14.7. The summed E-state index contributed by atoms with van der Waals surface area (Å²) in [5.41, 5.74) is 3.36. The number of benzene rings is 3. The topological polar surface area (TPSA) is 78.9 Å². The number of carbonyl (C=O) groups excluding carboxylic acids is 1. The molecule has 0 aliphatic carbocycles. The van der Waals surface area contributed by atoms with E-state index in [-0.39, 0.29) is 12.6 Å². The van der Waals surface area contributed by atoms with Gasteiger partial charge in [0.15, 0.2) is 6.61 Å². The molecule has 3 aromatic carbocycles. The first kappa shape index (κ1) is 22.0. The number of carbonyl (C=O) groups is 2. The second-order valence-electron chi connectivity index (χ2n) is 7.34. The average Bonchev–Trinajstić information content (AvgIpc) is 3.17. The molecule has 2 amide bonds. The van der Waals surface area contributed by atoms with E-state index in [1.807, 2.05) is 42.5 Å². The average molecular weight is 471 g/mol. The largest absolute Gasteiger partial charge is 0.482 e. The van der Waals surface area contributed by atoms with Crippen molar-refractivity contribution in [3.8, 4) is 5.75 Å². The molecule has 1 aliphatic rings. The number of nitrogens with one attached hydrogen (secondary N) is 1. The lowest BCUT2D eigenvalue weighted by Gasteiger charge is -2.27. The number of hydrogen-bond donors (Lipinski definition) is 2. The molecule has 1 aliphatic heterocycles. The zero-order valence-corrected chi connectivity index (χ0v) is 18.4. The SMILES string of the molecule is O=C(O)COc1ccc(Cl)cc1C1c2ccccc2CN1C(=O)NCc1ccccc1Cl. The van der Waals surface area contributed by atoms with Crippen LogP contribution in [0.1, 0.15) is 28.3 Å². The van der Waals surface area contributed by atoms with Gasteiger partial charge in [0, 0.05) is 28.7 Å². The zero-order chi connectivity index (χ0) is 22.7. The second-order valence-corrected chi connectivity index (χ2v) is 8.19. The van der Waals surface area contributed by atoms with Gasteiger partial charge < -0.3 is 20.1 Å². The Balaban J connectivity index is 1.66. The van der Waals surface area contributed by atoms with Crippen molar-refractivity contribution >= 4 is 35.2 Å². The zero-order valence-electron chi connectivity index (χ0n) is 16.9. The lowest BCUT2D eigenvalue weighted by Crippen LogP contribution is -2.39. The van der Waals surface area contributed by atoms with Gasteiger partial charge in [-0.25, -0.2) is 9.59 Å². The van der Waals surface area contributed by atoms with E-state index in [4.69, 9.17) is 33.0 Å². The van der Waals surface area contributed by atoms with E-state index in [0.717, 1.165) is 16.7 Å². The third-order valence-electron chi connectivity index (χ3n) is 5.27. The van der Waals surface area contributed by atoms with Crippen molar-refractivity contribution in [2.75, 3.05) is 6.61 Å². The van der Waals surface area contributed by atoms with E-state index in [9.17, 15) is 9.59 Å². The van der Waals surface area contributed by atoms with Crippen LogP contribution in [-0.2, 0) is 17.9 Å². The van der Waals surface area contributed by atoms with Crippen LogP contribution < -0.4 is 10.1 Å². The van der Waals surface area contributed by atoms with Crippen LogP contribution in [0.4, 0.5) is 4.79 Å². The standard InChI is InChI=1S/C24H20Cl2N2O4/c25-17-9-10-21(32-14-22(29)30)19(11-17)23-18-7-3-1-6-16(18)13-28(23)24(31)27-12-15-5-2-4-8-20(15)26/h1-11,23H,12-14H2,(H,27,31)(H,29,30). The van der Waals surface area contributed by atoms with E-state index >= 15 is 0 Å². The number of hydrogen-bond acceptors (Lipinski definition) is 3. The van der Waals surface area contributed by atoms with E-state index in [0.29, 0.717) is 27.9 Å². The highest BCUT2D eigenvalue weighted by Gasteiger charge is 2.36. The predicted molar refractivity (Wildman–Crippen MR) is 122 cm³/mol. The number of urea groups is 1. The van der Waals surface area contributed by atoms with Crippen molar-refractivity contribution in [1.29, 1.82) is 0 Å². The maximum absolute atomic E-state index is 13.2. The molecular weight excluding hydrogens is 451 g/mol. The van der Waals surface area contributed by atoms with Crippen LogP contribution in [0.25, 0.3) is 0 Å². The lowest BCUT2D eigenvalue weighted by molar-refractivity contribution is -0.139. The van der Waals surface area contributed by atoms with Gasteiger partial charge in [0.05, 0.1) is 6.04 Å². The Bertz CT molecular complexity index is 1170. The van der Waals surface area contributed by atoms with Gasteiger partial charge in [0.1, 0.15) is 5.75 Å². The molecule has 0 saturated carbocycles. The van der Waals surface area contributed by atoms with Gasteiger partial charge in [-0.2, -0.15) is 0 Å². The molecule has 1 heterocycles. The van der Waals surface area contributed by atoms with E-state index in [1.54, 1.807) is 29.2 Å². The second kappa shape index (κ2) is 9.51. The summed E-state index contributed by atoms with van der Waals surface area (Å²) in [4.78, 5) is 26.0. The third kappa shape index (κ3) is 4.66. The number of carboxylic acid groups (broad SMARTS) is 1. The Morgan fingerprint density at radius 3 is 2.56 bits per heavy atom. The Hall–Kier alpha value is -3.22. The van der Waals surface area contributed by atoms with Crippen LogP contribution in [0.5, 0.6) is 5.75 Å². The van der Waals surface area contributed by atoms with E-state index in [1.165, 1.54) is 0 Å². The summed E-state index contributed by atoms with van der Waals surface area (Å²) in [5.74, 6) is -0.727. The molecule has 0 aromatic heterocycles. The van der Waals surface area contributed by atoms with Crippen molar-refractivity contribution in [3.05, 3.63) is 99.0 Å². The number of aliphatic carboxylic acids is 1. The molecule has 1 unspecified atom stereocenters. The first-order valence-electron chi connectivity index (χ1n) is 9.93. The van der Waals surface area contributed by atoms with Crippen LogP contribution in [-0.4, -0.2) is 28.6 Å². The van der Waals surface area contributed by atoms with Crippen molar-refractivity contribution < 1.29 is 19.4 Å². The number of carboxylic acids is 1. The minimum absolute atomic E-state index is 0.274. The number of halogens is 2. The lowest BCUT2D eigenvalue weighted by atomic mass is 9.97. The molecule has 8 heteroatoms. The van der Waals surface area contributed by atoms with Crippen LogP contribution in [0.2, 0.25) is 10.0 Å². The van der Waals surface area contributed by atoms with Gasteiger partial charge >= 0.3 is 12.0 Å². The summed E-state index contributed by atoms with van der Waals surface area (Å²) in [7, 11) is 0. The molecule has 0 saturated heterocycles. The van der Waals surface area contributed by atoms with Gasteiger partial charge in [-0.05, 0) is 41.0 Å². The quantitative estimate of drug-likeness (QED) is 0.514. The number of rotatable bonds is 6. The molecule has 0 bridgehead atoms. The first-order chi connectivity index (χ1) is 15.4. The molecule has 2 N–H and O–H groups in total. The fraction of sp³-hybridized carbons (Fsp3) is 0.167. The Morgan fingerprint density at radius 2 is 1.78 bits per heavy atom. The molecule has 32 heavy (non-hydrogen) atoms. The van der Waals surface area contributed by atoms with E-state index in [2.05, 4.69) is 5.32 Å². The van der Waals surface area contributed by atoms with E-state index < -0.39 is 18.6 Å². The summed E-state index contributed by atoms with van der Waals surface area (Å²) >= 11 is 12.5. The highest BCUT2D eigenvalue weighted by Crippen LogP contribution is 2.43. The maximum atomic E-state index is 13.2. The number of amides is 2. The highest BCUT2D eigenvalue weighted by atomic mass is 35.5. The molecule has 0 spiro atoms. The van der Waals surface area contributed by atoms with Crippen molar-refractivity contribution in [1.82, 2.24) is 10.2 Å².